The maximum atomic E-state index is 12.0. The Hall–Kier alpha value is -1.10. The van der Waals surface area contributed by atoms with Gasteiger partial charge in [0.2, 0.25) is 5.91 Å². The lowest BCUT2D eigenvalue weighted by Crippen LogP contribution is -2.49. The maximum Gasteiger partial charge on any atom is 0.304 e. The van der Waals surface area contributed by atoms with Gasteiger partial charge in [-0.2, -0.15) is 0 Å². The highest BCUT2D eigenvalue weighted by atomic mass is 16.4. The first-order valence-corrected chi connectivity index (χ1v) is 6.27. The molecule has 0 bridgehead atoms. The third-order valence-electron chi connectivity index (χ3n) is 3.05. The molecule has 0 saturated carbocycles. The molecule has 0 spiro atoms. The number of carbonyl (C=O) groups excluding carboxylic acids is 1. The van der Waals surface area contributed by atoms with Crippen molar-refractivity contribution in [3.05, 3.63) is 0 Å². The molecule has 5 nitrogen and oxygen atoms in total. The number of nitrogens with zero attached hydrogens (tertiary/aromatic N) is 1. The number of carboxylic acids is 1. The fourth-order valence-electron chi connectivity index (χ4n) is 2.21. The third-order valence-corrected chi connectivity index (χ3v) is 3.05. The van der Waals surface area contributed by atoms with Crippen LogP contribution in [0.15, 0.2) is 0 Å². The monoisotopic (exact) mass is 242 g/mol. The summed E-state index contributed by atoms with van der Waals surface area (Å²) < 4.78 is 0. The quantitative estimate of drug-likeness (QED) is 0.749. The first kappa shape index (κ1) is 14.0. The SMILES string of the molecule is CC(CC(=O)O)NC(C)C(=O)N1CCCCC1. The molecule has 1 aliphatic heterocycles. The van der Waals surface area contributed by atoms with Crippen LogP contribution in [0, 0.1) is 0 Å². The standard InChI is InChI=1S/C12H22N2O3/c1-9(8-11(15)16)13-10(2)12(17)14-6-4-3-5-7-14/h9-10,13H,3-8H2,1-2H3,(H,15,16). The summed E-state index contributed by atoms with van der Waals surface area (Å²) in [7, 11) is 0. The molecule has 0 aromatic rings. The summed E-state index contributed by atoms with van der Waals surface area (Å²) in [6.07, 6.45) is 3.38. The topological polar surface area (TPSA) is 69.6 Å². The van der Waals surface area contributed by atoms with Gasteiger partial charge in [-0.25, -0.2) is 0 Å². The average Bonchev–Trinajstić information content (AvgIpc) is 2.28. The molecule has 1 amide bonds. The zero-order valence-electron chi connectivity index (χ0n) is 10.6. The summed E-state index contributed by atoms with van der Waals surface area (Å²) in [5.74, 6) is -0.760. The lowest BCUT2D eigenvalue weighted by Gasteiger charge is -2.30. The Kier molecular flexibility index (Phi) is 5.41. The molecule has 1 heterocycles. The van der Waals surface area contributed by atoms with Crippen molar-refractivity contribution in [3.63, 3.8) is 0 Å². The average molecular weight is 242 g/mol. The minimum Gasteiger partial charge on any atom is -0.481 e. The summed E-state index contributed by atoms with van der Waals surface area (Å²) in [6, 6.07) is -0.487. The molecule has 0 aliphatic carbocycles. The van der Waals surface area contributed by atoms with Crippen LogP contribution in [0.1, 0.15) is 39.5 Å². The molecule has 1 fully saturated rings. The molecule has 98 valence electrons. The predicted octanol–water partition coefficient (Wildman–Crippen LogP) is 0.840. The Bertz CT molecular complexity index is 275. The van der Waals surface area contributed by atoms with Crippen LogP contribution in [-0.2, 0) is 9.59 Å². The highest BCUT2D eigenvalue weighted by molar-refractivity contribution is 5.81. The van der Waals surface area contributed by atoms with Crippen LogP contribution in [0.25, 0.3) is 0 Å². The molecular formula is C12H22N2O3. The highest BCUT2D eigenvalue weighted by Gasteiger charge is 2.23. The minimum absolute atomic E-state index is 0.0393. The number of rotatable bonds is 5. The highest BCUT2D eigenvalue weighted by Crippen LogP contribution is 2.10. The molecule has 2 N–H and O–H groups in total. The van der Waals surface area contributed by atoms with Crippen molar-refractivity contribution in [2.24, 2.45) is 0 Å². The van der Waals surface area contributed by atoms with Crippen molar-refractivity contribution in [2.75, 3.05) is 13.1 Å². The van der Waals surface area contributed by atoms with Crippen molar-refractivity contribution in [1.82, 2.24) is 10.2 Å². The van der Waals surface area contributed by atoms with Crippen LogP contribution in [0.5, 0.6) is 0 Å². The van der Waals surface area contributed by atoms with E-state index in [-0.39, 0.29) is 24.4 Å². The van der Waals surface area contributed by atoms with E-state index in [1.807, 2.05) is 4.90 Å². The molecule has 2 atom stereocenters. The molecule has 0 aromatic heterocycles. The smallest absolute Gasteiger partial charge is 0.304 e. The molecule has 1 aliphatic rings. The van der Waals surface area contributed by atoms with E-state index >= 15 is 0 Å². The van der Waals surface area contributed by atoms with Crippen LogP contribution < -0.4 is 5.32 Å². The van der Waals surface area contributed by atoms with Gasteiger partial charge in [0.1, 0.15) is 0 Å². The van der Waals surface area contributed by atoms with Gasteiger partial charge in [0.25, 0.3) is 0 Å². The number of nitrogens with one attached hydrogen (secondary N) is 1. The van der Waals surface area contributed by atoms with E-state index in [0.717, 1.165) is 25.9 Å². The predicted molar refractivity (Wildman–Crippen MR) is 64.7 cm³/mol. The largest absolute Gasteiger partial charge is 0.481 e. The van der Waals surface area contributed by atoms with Crippen molar-refractivity contribution < 1.29 is 14.7 Å². The zero-order chi connectivity index (χ0) is 12.8. The molecule has 0 radical (unpaired) electrons. The number of aliphatic carboxylic acids is 1. The van der Waals surface area contributed by atoms with E-state index in [2.05, 4.69) is 5.32 Å². The van der Waals surface area contributed by atoms with E-state index in [0.29, 0.717) is 0 Å². The van der Waals surface area contributed by atoms with Gasteiger partial charge >= 0.3 is 5.97 Å². The molecular weight excluding hydrogens is 220 g/mol. The second-order valence-corrected chi connectivity index (χ2v) is 4.77. The van der Waals surface area contributed by atoms with Crippen LogP contribution in [-0.4, -0.2) is 47.1 Å². The van der Waals surface area contributed by atoms with Gasteiger partial charge in [0.05, 0.1) is 12.5 Å². The number of hydrogen-bond donors (Lipinski definition) is 2. The van der Waals surface area contributed by atoms with Gasteiger partial charge in [0.15, 0.2) is 0 Å². The number of piperidine rings is 1. The van der Waals surface area contributed by atoms with Gasteiger partial charge in [-0.05, 0) is 33.1 Å². The van der Waals surface area contributed by atoms with Crippen LogP contribution in [0.3, 0.4) is 0 Å². The molecule has 2 unspecified atom stereocenters. The Morgan fingerprint density at radius 3 is 2.35 bits per heavy atom. The van der Waals surface area contributed by atoms with E-state index in [4.69, 9.17) is 5.11 Å². The van der Waals surface area contributed by atoms with E-state index < -0.39 is 5.97 Å². The maximum absolute atomic E-state index is 12.0. The van der Waals surface area contributed by atoms with Crippen LogP contribution >= 0.6 is 0 Å². The first-order chi connectivity index (χ1) is 8.00. The van der Waals surface area contributed by atoms with Gasteiger partial charge < -0.3 is 15.3 Å². The van der Waals surface area contributed by atoms with E-state index in [9.17, 15) is 9.59 Å². The zero-order valence-corrected chi connectivity index (χ0v) is 10.6. The Morgan fingerprint density at radius 1 is 1.24 bits per heavy atom. The fourth-order valence-corrected chi connectivity index (χ4v) is 2.21. The van der Waals surface area contributed by atoms with Crippen molar-refractivity contribution in [2.45, 2.75) is 51.6 Å². The van der Waals surface area contributed by atoms with Crippen molar-refractivity contribution in [1.29, 1.82) is 0 Å². The van der Waals surface area contributed by atoms with E-state index in [1.54, 1.807) is 13.8 Å². The third kappa shape index (κ3) is 4.73. The van der Waals surface area contributed by atoms with Gasteiger partial charge in [0, 0.05) is 19.1 Å². The van der Waals surface area contributed by atoms with Crippen molar-refractivity contribution >= 4 is 11.9 Å². The number of hydrogen-bond acceptors (Lipinski definition) is 3. The van der Waals surface area contributed by atoms with Gasteiger partial charge in [-0.1, -0.05) is 0 Å². The van der Waals surface area contributed by atoms with Gasteiger partial charge in [-0.15, -0.1) is 0 Å². The van der Waals surface area contributed by atoms with Crippen LogP contribution in [0.4, 0.5) is 0 Å². The lowest BCUT2D eigenvalue weighted by atomic mass is 10.1. The van der Waals surface area contributed by atoms with Crippen LogP contribution in [0.2, 0.25) is 0 Å². The van der Waals surface area contributed by atoms with Crippen molar-refractivity contribution in [3.8, 4) is 0 Å². The second-order valence-electron chi connectivity index (χ2n) is 4.77. The lowest BCUT2D eigenvalue weighted by molar-refractivity contribution is -0.138. The number of likely N-dealkylation sites (tertiary alicyclic amines) is 1. The Morgan fingerprint density at radius 2 is 1.82 bits per heavy atom. The molecule has 17 heavy (non-hydrogen) atoms. The number of carbonyl (C=O) groups is 2. The van der Waals surface area contributed by atoms with Gasteiger partial charge in [-0.3, -0.25) is 9.59 Å². The van der Waals surface area contributed by atoms with E-state index in [1.165, 1.54) is 6.42 Å². The minimum atomic E-state index is -0.845. The summed E-state index contributed by atoms with van der Waals surface area (Å²) in [5.41, 5.74) is 0. The Balaban J connectivity index is 2.37. The first-order valence-electron chi connectivity index (χ1n) is 6.27. The number of carboxylic acid groups (broad SMARTS) is 1. The molecule has 1 saturated heterocycles. The molecule has 1 rings (SSSR count). The molecule has 0 aromatic carbocycles. The second kappa shape index (κ2) is 6.59. The number of amides is 1. The molecule has 5 heteroatoms. The summed E-state index contributed by atoms with van der Waals surface area (Å²) in [6.45, 7) is 5.25. The summed E-state index contributed by atoms with van der Waals surface area (Å²) in [4.78, 5) is 24.4. The summed E-state index contributed by atoms with van der Waals surface area (Å²) in [5, 5.41) is 11.7. The fraction of sp³-hybridized carbons (Fsp3) is 0.833. The summed E-state index contributed by atoms with van der Waals surface area (Å²) >= 11 is 0. The Labute approximate surface area is 102 Å². The normalized spacial score (nSPS) is 19.8.